The van der Waals surface area contributed by atoms with E-state index in [1.165, 1.54) is 0 Å². The molecule has 0 bridgehead atoms. The van der Waals surface area contributed by atoms with Crippen molar-refractivity contribution in [3.63, 3.8) is 0 Å². The molecule has 2 spiro atoms. The van der Waals surface area contributed by atoms with E-state index in [9.17, 15) is 4.79 Å². The van der Waals surface area contributed by atoms with E-state index >= 15 is 0 Å². The SMILES string of the molecule is CCCN1CCC2(CC1(C)C)OC1(CC(C)(C)N(OC)C(C)(C)C1)NC2=O. The predicted molar refractivity (Wildman–Crippen MR) is 106 cm³/mol. The van der Waals surface area contributed by atoms with Crippen LogP contribution >= 0.6 is 0 Å². The summed E-state index contributed by atoms with van der Waals surface area (Å²) in [5.41, 5.74) is -1.87. The lowest BCUT2D eigenvalue weighted by atomic mass is 9.76. The quantitative estimate of drug-likeness (QED) is 0.814. The van der Waals surface area contributed by atoms with Crippen LogP contribution in [0.1, 0.15) is 80.6 Å². The van der Waals surface area contributed by atoms with Crippen LogP contribution in [0.15, 0.2) is 0 Å². The van der Waals surface area contributed by atoms with Crippen molar-refractivity contribution < 1.29 is 14.4 Å². The number of hydroxylamine groups is 2. The second-order valence-corrected chi connectivity index (χ2v) is 10.7. The highest BCUT2D eigenvalue weighted by molar-refractivity contribution is 5.88. The van der Waals surface area contributed by atoms with Gasteiger partial charge in [0, 0.05) is 42.4 Å². The number of hydrogen-bond donors (Lipinski definition) is 1. The van der Waals surface area contributed by atoms with Gasteiger partial charge in [-0.3, -0.25) is 9.69 Å². The van der Waals surface area contributed by atoms with Gasteiger partial charge in [0.25, 0.3) is 5.91 Å². The predicted octanol–water partition coefficient (Wildman–Crippen LogP) is 3.07. The van der Waals surface area contributed by atoms with Gasteiger partial charge < -0.3 is 14.9 Å². The fraction of sp³-hybridized carbons (Fsp3) is 0.952. The molecular weight excluding hydrogens is 342 g/mol. The lowest BCUT2D eigenvalue weighted by molar-refractivity contribution is -0.304. The number of rotatable bonds is 3. The molecule has 0 aliphatic carbocycles. The number of hydrogen-bond acceptors (Lipinski definition) is 5. The van der Waals surface area contributed by atoms with Crippen LogP contribution in [0.3, 0.4) is 0 Å². The lowest BCUT2D eigenvalue weighted by Crippen LogP contribution is -2.68. The second-order valence-electron chi connectivity index (χ2n) is 10.7. The Morgan fingerprint density at radius 2 is 1.63 bits per heavy atom. The Kier molecular flexibility index (Phi) is 4.99. The van der Waals surface area contributed by atoms with Gasteiger partial charge in [0.15, 0.2) is 5.60 Å². The Morgan fingerprint density at radius 3 is 2.11 bits per heavy atom. The molecule has 0 saturated carbocycles. The van der Waals surface area contributed by atoms with Gasteiger partial charge in [-0.1, -0.05) is 6.92 Å². The Bertz CT molecular complexity index is 583. The van der Waals surface area contributed by atoms with Crippen LogP contribution < -0.4 is 5.32 Å². The van der Waals surface area contributed by atoms with Gasteiger partial charge in [-0.05, 0) is 60.9 Å². The number of likely N-dealkylation sites (tertiary alicyclic amines) is 1. The summed E-state index contributed by atoms with van der Waals surface area (Å²) < 4.78 is 6.79. The van der Waals surface area contributed by atoms with Crippen molar-refractivity contribution in [2.75, 3.05) is 20.2 Å². The first-order valence-electron chi connectivity index (χ1n) is 10.4. The van der Waals surface area contributed by atoms with Crippen LogP contribution in [-0.2, 0) is 14.4 Å². The summed E-state index contributed by atoms with van der Waals surface area (Å²) in [5, 5.41) is 5.36. The number of nitrogens with one attached hydrogen (secondary N) is 1. The maximum Gasteiger partial charge on any atom is 0.254 e. The highest BCUT2D eigenvalue weighted by Gasteiger charge is 2.64. The molecule has 3 fully saturated rings. The molecular formula is C21H39N3O3. The summed E-state index contributed by atoms with van der Waals surface area (Å²) in [7, 11) is 1.73. The second kappa shape index (κ2) is 6.41. The van der Waals surface area contributed by atoms with E-state index in [-0.39, 0.29) is 22.5 Å². The Hall–Kier alpha value is -0.690. The van der Waals surface area contributed by atoms with Gasteiger partial charge in [-0.25, -0.2) is 0 Å². The number of carbonyl (C=O) groups excluding carboxylic acids is 1. The zero-order valence-electron chi connectivity index (χ0n) is 18.6. The zero-order chi connectivity index (χ0) is 20.3. The summed E-state index contributed by atoms with van der Waals surface area (Å²) in [5.74, 6) is 0.0733. The number of piperidine rings is 2. The molecule has 3 aliphatic rings. The molecule has 1 N–H and O–H groups in total. The molecule has 0 radical (unpaired) electrons. The van der Waals surface area contributed by atoms with E-state index in [0.29, 0.717) is 12.8 Å². The minimum atomic E-state index is -0.713. The number of amides is 1. The summed E-state index contributed by atoms with van der Waals surface area (Å²) in [6.07, 6.45) is 4.05. The fourth-order valence-electron chi connectivity index (χ4n) is 6.33. The first-order chi connectivity index (χ1) is 12.3. The van der Waals surface area contributed by atoms with Crippen molar-refractivity contribution >= 4 is 5.91 Å². The molecule has 3 aliphatic heterocycles. The minimum Gasteiger partial charge on any atom is -0.339 e. The molecule has 1 amide bonds. The van der Waals surface area contributed by atoms with Crippen LogP contribution in [0.5, 0.6) is 0 Å². The number of carbonyl (C=O) groups is 1. The van der Waals surface area contributed by atoms with Gasteiger partial charge in [0.2, 0.25) is 0 Å². The Labute approximate surface area is 164 Å². The van der Waals surface area contributed by atoms with E-state index in [1.807, 2.05) is 0 Å². The molecule has 6 nitrogen and oxygen atoms in total. The third-order valence-corrected chi connectivity index (χ3v) is 6.72. The van der Waals surface area contributed by atoms with Crippen molar-refractivity contribution in [2.24, 2.45) is 0 Å². The monoisotopic (exact) mass is 381 g/mol. The van der Waals surface area contributed by atoms with Crippen molar-refractivity contribution in [1.82, 2.24) is 15.3 Å². The van der Waals surface area contributed by atoms with E-state index < -0.39 is 11.3 Å². The van der Waals surface area contributed by atoms with E-state index in [2.05, 4.69) is 63.7 Å². The maximum absolute atomic E-state index is 13.3. The third kappa shape index (κ3) is 3.43. The van der Waals surface area contributed by atoms with E-state index in [1.54, 1.807) is 7.11 Å². The van der Waals surface area contributed by atoms with Gasteiger partial charge in [-0.15, -0.1) is 0 Å². The van der Waals surface area contributed by atoms with Crippen LogP contribution in [-0.4, -0.2) is 64.0 Å². The van der Waals surface area contributed by atoms with Crippen molar-refractivity contribution in [1.29, 1.82) is 0 Å². The summed E-state index contributed by atoms with van der Waals surface area (Å²) in [6.45, 7) is 17.3. The molecule has 3 heterocycles. The van der Waals surface area contributed by atoms with Gasteiger partial charge in [-0.2, -0.15) is 5.06 Å². The Morgan fingerprint density at radius 1 is 1.04 bits per heavy atom. The maximum atomic E-state index is 13.3. The molecule has 3 rings (SSSR count). The van der Waals surface area contributed by atoms with Crippen molar-refractivity contribution in [3.05, 3.63) is 0 Å². The minimum absolute atomic E-state index is 0.0462. The number of ether oxygens (including phenoxy) is 1. The van der Waals surface area contributed by atoms with Crippen molar-refractivity contribution in [3.8, 4) is 0 Å². The topological polar surface area (TPSA) is 54.0 Å². The van der Waals surface area contributed by atoms with E-state index in [4.69, 9.17) is 9.57 Å². The molecule has 27 heavy (non-hydrogen) atoms. The van der Waals surface area contributed by atoms with Gasteiger partial charge in [0.05, 0.1) is 7.11 Å². The van der Waals surface area contributed by atoms with Crippen LogP contribution in [0.4, 0.5) is 0 Å². The standard InChI is InChI=1S/C21H39N3O3/c1-9-11-23-12-10-20(13-17(23,2)3)16(25)22-21(27-20)14-18(4,5)24(26-8)19(6,7)15-21/h9-15H2,1-8H3,(H,22,25). The zero-order valence-corrected chi connectivity index (χ0v) is 18.6. The fourth-order valence-corrected chi connectivity index (χ4v) is 6.33. The highest BCUT2D eigenvalue weighted by Crippen LogP contribution is 2.51. The molecule has 0 aromatic carbocycles. The molecule has 0 aromatic heterocycles. The van der Waals surface area contributed by atoms with Crippen molar-refractivity contribution in [2.45, 2.75) is 109 Å². The van der Waals surface area contributed by atoms with Gasteiger partial charge >= 0.3 is 0 Å². The molecule has 6 heteroatoms. The Balaban J connectivity index is 1.87. The highest BCUT2D eigenvalue weighted by atomic mass is 16.7. The average molecular weight is 382 g/mol. The largest absolute Gasteiger partial charge is 0.339 e. The first-order valence-corrected chi connectivity index (χ1v) is 10.4. The normalized spacial score (nSPS) is 34.9. The summed E-state index contributed by atoms with van der Waals surface area (Å²) in [4.78, 5) is 21.5. The molecule has 0 aromatic rings. The average Bonchev–Trinajstić information content (AvgIpc) is 2.70. The lowest BCUT2D eigenvalue weighted by Gasteiger charge is -2.57. The van der Waals surface area contributed by atoms with Crippen LogP contribution in [0.25, 0.3) is 0 Å². The summed E-state index contributed by atoms with van der Waals surface area (Å²) in [6, 6.07) is 0. The molecule has 1 unspecified atom stereocenters. The van der Waals surface area contributed by atoms with Gasteiger partial charge in [0.1, 0.15) is 5.72 Å². The van der Waals surface area contributed by atoms with Crippen LogP contribution in [0, 0.1) is 0 Å². The first kappa shape index (κ1) is 21.0. The smallest absolute Gasteiger partial charge is 0.254 e. The molecule has 156 valence electrons. The van der Waals surface area contributed by atoms with E-state index in [0.717, 1.165) is 32.4 Å². The summed E-state index contributed by atoms with van der Waals surface area (Å²) >= 11 is 0. The third-order valence-electron chi connectivity index (χ3n) is 6.72. The molecule has 1 atom stereocenters. The van der Waals surface area contributed by atoms with Crippen LogP contribution in [0.2, 0.25) is 0 Å². The number of nitrogens with zero attached hydrogens (tertiary/aromatic N) is 2. The molecule has 3 saturated heterocycles.